The SMILES string of the molecule is N#Cc1cc(Cl)c(C(=O)CN(Cc2cc(F)cc(F)c2)C(=O)c2cnn([C@H]3CC[C@H](C(=O)O)CC3)c2C(F)(F)F)c(Cl)c1. The number of carbonyl (C=O) groups is 3. The van der Waals surface area contributed by atoms with Crippen molar-refractivity contribution in [3.8, 4) is 6.07 Å². The Bertz CT molecular complexity index is 1580. The molecule has 226 valence electrons. The molecule has 1 aliphatic rings. The molecule has 1 amide bonds. The van der Waals surface area contributed by atoms with Gasteiger partial charge < -0.3 is 10.0 Å². The number of carbonyl (C=O) groups excluding carboxylic acids is 2. The van der Waals surface area contributed by atoms with Gasteiger partial charge in [0.1, 0.15) is 11.6 Å². The van der Waals surface area contributed by atoms with E-state index in [1.54, 1.807) is 6.07 Å². The molecule has 1 aliphatic carbocycles. The fraction of sp³-hybridized carbons (Fsp3) is 0.321. The average Bonchev–Trinajstić information content (AvgIpc) is 3.37. The Morgan fingerprint density at radius 1 is 1.02 bits per heavy atom. The second kappa shape index (κ2) is 12.7. The van der Waals surface area contributed by atoms with Crippen LogP contribution in [0.2, 0.25) is 10.0 Å². The zero-order valence-electron chi connectivity index (χ0n) is 22.0. The molecule has 1 N–H and O–H groups in total. The van der Waals surface area contributed by atoms with Crippen molar-refractivity contribution in [3.05, 3.63) is 86.2 Å². The van der Waals surface area contributed by atoms with Crippen molar-refractivity contribution in [1.29, 1.82) is 5.26 Å². The molecular weight excluding hydrogens is 622 g/mol. The number of hydrogen-bond donors (Lipinski definition) is 1. The summed E-state index contributed by atoms with van der Waals surface area (Å²) >= 11 is 12.3. The van der Waals surface area contributed by atoms with E-state index in [9.17, 15) is 41.4 Å². The lowest BCUT2D eigenvalue weighted by molar-refractivity contribution is -0.147. The van der Waals surface area contributed by atoms with Crippen LogP contribution in [-0.2, 0) is 17.5 Å². The number of nitrogens with zero attached hydrogens (tertiary/aromatic N) is 4. The second-order valence-electron chi connectivity index (χ2n) is 9.98. The van der Waals surface area contributed by atoms with Gasteiger partial charge in [-0.25, -0.2) is 8.78 Å². The van der Waals surface area contributed by atoms with E-state index < -0.39 is 71.8 Å². The number of amides is 1. The lowest BCUT2D eigenvalue weighted by Gasteiger charge is -2.28. The largest absolute Gasteiger partial charge is 0.481 e. The van der Waals surface area contributed by atoms with Gasteiger partial charge in [-0.3, -0.25) is 19.1 Å². The first-order valence-electron chi connectivity index (χ1n) is 12.7. The van der Waals surface area contributed by atoms with Crippen molar-refractivity contribution in [1.82, 2.24) is 14.7 Å². The highest BCUT2D eigenvalue weighted by molar-refractivity contribution is 6.40. The summed E-state index contributed by atoms with van der Waals surface area (Å²) in [6.45, 7) is -1.59. The summed E-state index contributed by atoms with van der Waals surface area (Å²) in [7, 11) is 0. The van der Waals surface area contributed by atoms with E-state index in [0.717, 1.165) is 24.3 Å². The summed E-state index contributed by atoms with van der Waals surface area (Å²) in [5.41, 5.74) is -2.78. The van der Waals surface area contributed by atoms with E-state index in [-0.39, 0.29) is 52.4 Å². The molecule has 43 heavy (non-hydrogen) atoms. The summed E-state index contributed by atoms with van der Waals surface area (Å²) in [4.78, 5) is 38.9. The van der Waals surface area contributed by atoms with E-state index >= 15 is 0 Å². The minimum absolute atomic E-state index is 0.0225. The topological polar surface area (TPSA) is 116 Å². The first-order valence-corrected chi connectivity index (χ1v) is 13.5. The molecule has 0 unspecified atom stereocenters. The molecule has 0 atom stereocenters. The molecule has 0 radical (unpaired) electrons. The van der Waals surface area contributed by atoms with Crippen LogP contribution in [0, 0.1) is 28.9 Å². The minimum atomic E-state index is -5.09. The lowest BCUT2D eigenvalue weighted by Crippen LogP contribution is -2.37. The highest BCUT2D eigenvalue weighted by atomic mass is 35.5. The molecule has 0 saturated heterocycles. The number of halogens is 7. The van der Waals surface area contributed by atoms with E-state index in [4.69, 9.17) is 28.5 Å². The number of hydrogen-bond acceptors (Lipinski definition) is 5. The highest BCUT2D eigenvalue weighted by Crippen LogP contribution is 2.39. The Balaban J connectivity index is 1.74. The van der Waals surface area contributed by atoms with Crippen molar-refractivity contribution in [2.45, 2.75) is 44.4 Å². The Morgan fingerprint density at radius 3 is 2.12 bits per heavy atom. The van der Waals surface area contributed by atoms with E-state index in [2.05, 4.69) is 5.10 Å². The fourth-order valence-electron chi connectivity index (χ4n) is 5.09. The second-order valence-corrected chi connectivity index (χ2v) is 10.8. The summed E-state index contributed by atoms with van der Waals surface area (Å²) in [5, 5.41) is 21.7. The van der Waals surface area contributed by atoms with Gasteiger partial charge in [-0.2, -0.15) is 23.5 Å². The predicted molar refractivity (Wildman–Crippen MR) is 142 cm³/mol. The molecule has 0 bridgehead atoms. The van der Waals surface area contributed by atoms with Gasteiger partial charge in [-0.1, -0.05) is 23.2 Å². The van der Waals surface area contributed by atoms with Crippen LogP contribution in [0.15, 0.2) is 36.5 Å². The monoisotopic (exact) mass is 642 g/mol. The van der Waals surface area contributed by atoms with Crippen molar-refractivity contribution >= 4 is 40.9 Å². The van der Waals surface area contributed by atoms with Crippen LogP contribution < -0.4 is 0 Å². The van der Waals surface area contributed by atoms with E-state index in [1.807, 2.05) is 0 Å². The molecule has 8 nitrogen and oxygen atoms in total. The Hall–Kier alpha value is -4.02. The van der Waals surface area contributed by atoms with Crippen molar-refractivity contribution in [3.63, 3.8) is 0 Å². The Kier molecular flexibility index (Phi) is 9.41. The number of carboxylic acid groups (broad SMARTS) is 1. The van der Waals surface area contributed by atoms with E-state index in [0.29, 0.717) is 21.8 Å². The van der Waals surface area contributed by atoms with Crippen molar-refractivity contribution in [2.24, 2.45) is 5.92 Å². The normalized spacial score (nSPS) is 16.9. The van der Waals surface area contributed by atoms with Gasteiger partial charge in [-0.15, -0.1) is 0 Å². The van der Waals surface area contributed by atoms with Crippen molar-refractivity contribution < 1.29 is 41.4 Å². The van der Waals surface area contributed by atoms with E-state index in [1.165, 1.54) is 0 Å². The first-order chi connectivity index (χ1) is 20.2. The van der Waals surface area contributed by atoms with Crippen molar-refractivity contribution in [2.75, 3.05) is 6.54 Å². The molecule has 4 rings (SSSR count). The number of rotatable bonds is 8. The summed E-state index contributed by atoms with van der Waals surface area (Å²) in [6.07, 6.45) is -4.05. The van der Waals surface area contributed by atoms with Gasteiger partial charge in [0.25, 0.3) is 5.91 Å². The number of aliphatic carboxylic acids is 1. The van der Waals surface area contributed by atoms with Crippen LogP contribution in [-0.4, -0.2) is 44.0 Å². The van der Waals surface area contributed by atoms with Crippen LogP contribution in [0.25, 0.3) is 0 Å². The third-order valence-electron chi connectivity index (χ3n) is 7.05. The average molecular weight is 643 g/mol. The molecule has 1 saturated carbocycles. The lowest BCUT2D eigenvalue weighted by atomic mass is 9.86. The Labute approximate surface area is 251 Å². The maximum atomic E-state index is 14.4. The molecule has 0 spiro atoms. The Morgan fingerprint density at radius 2 is 1.60 bits per heavy atom. The van der Waals surface area contributed by atoms with Gasteiger partial charge in [0.15, 0.2) is 11.5 Å². The third kappa shape index (κ3) is 7.14. The molecule has 1 aromatic heterocycles. The number of ketones is 1. The van der Waals surface area contributed by atoms with Crippen LogP contribution >= 0.6 is 23.2 Å². The number of aromatic nitrogens is 2. The smallest absolute Gasteiger partial charge is 0.433 e. The quantitative estimate of drug-likeness (QED) is 0.216. The summed E-state index contributed by atoms with van der Waals surface area (Å²) in [6, 6.07) is 5.48. The molecular formula is C28H21Cl2F5N4O4. The molecule has 0 aliphatic heterocycles. The number of Topliss-reactive ketones (excluding diaryl/α,β-unsaturated/α-hetero) is 1. The minimum Gasteiger partial charge on any atom is -0.481 e. The van der Waals surface area contributed by atoms with Gasteiger partial charge in [-0.05, 0) is 55.5 Å². The number of alkyl halides is 3. The number of benzene rings is 2. The predicted octanol–water partition coefficient (Wildman–Crippen LogP) is 6.70. The first kappa shape index (κ1) is 31.9. The maximum Gasteiger partial charge on any atom is 0.433 e. The van der Waals surface area contributed by atoms with Crippen LogP contribution in [0.1, 0.15) is 69.3 Å². The van der Waals surface area contributed by atoms with Crippen LogP contribution in [0.3, 0.4) is 0 Å². The molecule has 1 fully saturated rings. The molecule has 2 aromatic carbocycles. The zero-order valence-corrected chi connectivity index (χ0v) is 23.5. The molecule has 15 heteroatoms. The van der Waals surface area contributed by atoms with Gasteiger partial charge in [0.2, 0.25) is 0 Å². The summed E-state index contributed by atoms with van der Waals surface area (Å²) in [5.74, 6) is -6.05. The third-order valence-corrected chi connectivity index (χ3v) is 7.65. The standard InChI is InChI=1S/C28H21Cl2F5N4O4/c29-21-7-14(10-36)8-22(30)24(21)23(40)13-38(12-15-5-17(31)9-18(32)6-15)26(41)20-11-37-39(25(20)28(33,34)35)19-3-1-16(2-4-19)27(42)43/h5-9,11,16,19H,1-4,12-13H2,(H,42,43)/t16-,19-. The van der Waals surface area contributed by atoms with Gasteiger partial charge in [0.05, 0.1) is 57.5 Å². The fourth-order valence-corrected chi connectivity index (χ4v) is 5.79. The summed E-state index contributed by atoms with van der Waals surface area (Å²) < 4.78 is 71.8. The highest BCUT2D eigenvalue weighted by Gasteiger charge is 2.43. The van der Waals surface area contributed by atoms with Crippen LogP contribution in [0.5, 0.6) is 0 Å². The number of carboxylic acids is 1. The van der Waals surface area contributed by atoms with Gasteiger partial charge in [0, 0.05) is 12.6 Å². The zero-order chi connectivity index (χ0) is 31.6. The molecule has 3 aromatic rings. The maximum absolute atomic E-state index is 14.4. The number of nitriles is 1. The van der Waals surface area contributed by atoms with Gasteiger partial charge >= 0.3 is 12.1 Å². The molecule has 1 heterocycles. The van der Waals surface area contributed by atoms with Crippen LogP contribution in [0.4, 0.5) is 22.0 Å².